The Hall–Kier alpha value is -1.02. The number of aryl methyl sites for hydroxylation is 1. The molecule has 0 N–H and O–H groups in total. The van der Waals surface area contributed by atoms with Crippen molar-refractivity contribution in [2.24, 2.45) is 0 Å². The molecule has 1 aliphatic rings. The molecule has 1 atom stereocenters. The Bertz CT molecular complexity index is 516. The normalized spacial score (nSPS) is 19.7. The molecule has 0 saturated carbocycles. The van der Waals surface area contributed by atoms with Crippen LogP contribution in [-0.2, 0) is 6.42 Å². The molecule has 0 aliphatic heterocycles. The van der Waals surface area contributed by atoms with E-state index in [4.69, 9.17) is 16.6 Å². The van der Waals surface area contributed by atoms with Gasteiger partial charge in [-0.15, -0.1) is 0 Å². The Morgan fingerprint density at radius 3 is 3.20 bits per heavy atom. The van der Waals surface area contributed by atoms with Gasteiger partial charge in [-0.3, -0.25) is 0 Å². The first-order valence-electron chi connectivity index (χ1n) is 5.46. The number of nitrogens with zero attached hydrogens (tertiary/aromatic N) is 2. The van der Waals surface area contributed by atoms with E-state index in [0.717, 1.165) is 17.1 Å². The van der Waals surface area contributed by atoms with Gasteiger partial charge in [-0.1, -0.05) is 18.5 Å². The maximum atomic E-state index is 6.00. The average Bonchev–Trinajstić information content (AvgIpc) is 2.76. The van der Waals surface area contributed by atoms with Crippen LogP contribution < -0.4 is 0 Å². The largest absolute Gasteiger partial charge is 0.302 e. The summed E-state index contributed by atoms with van der Waals surface area (Å²) in [6.45, 7) is 2.23. The van der Waals surface area contributed by atoms with Crippen molar-refractivity contribution in [2.45, 2.75) is 32.1 Å². The molecule has 2 nitrogen and oxygen atoms in total. The molecule has 3 heteroatoms. The minimum atomic E-state index is 0.652. The van der Waals surface area contributed by atoms with Crippen LogP contribution in [0.15, 0.2) is 18.3 Å². The Morgan fingerprint density at radius 2 is 2.40 bits per heavy atom. The van der Waals surface area contributed by atoms with E-state index >= 15 is 0 Å². The fourth-order valence-electron chi connectivity index (χ4n) is 2.51. The highest BCUT2D eigenvalue weighted by atomic mass is 35.5. The zero-order chi connectivity index (χ0) is 10.4. The number of hydrogen-bond acceptors (Lipinski definition) is 1. The maximum absolute atomic E-state index is 6.00. The summed E-state index contributed by atoms with van der Waals surface area (Å²) in [6, 6.07) is 3.90. The highest BCUT2D eigenvalue weighted by Gasteiger charge is 2.26. The molecule has 0 saturated heterocycles. The summed E-state index contributed by atoms with van der Waals surface area (Å²) in [5.41, 5.74) is 3.68. The fourth-order valence-corrected chi connectivity index (χ4v) is 2.67. The molecule has 3 rings (SSSR count). The lowest BCUT2D eigenvalue weighted by Crippen LogP contribution is -1.91. The van der Waals surface area contributed by atoms with E-state index in [9.17, 15) is 0 Å². The first-order valence-corrected chi connectivity index (χ1v) is 5.83. The molecule has 1 unspecified atom stereocenters. The quantitative estimate of drug-likeness (QED) is 0.720. The molecule has 0 amide bonds. The second-order valence-electron chi connectivity index (χ2n) is 4.16. The molecule has 2 aromatic heterocycles. The second kappa shape index (κ2) is 3.24. The standard InChI is InChI=1S/C12H13ClN2/c1-2-8-3-5-10-12(8)14-11-6-4-9(13)7-15(10)11/h4,6-8H,2-3,5H2,1H3. The highest BCUT2D eigenvalue weighted by Crippen LogP contribution is 2.35. The molecule has 15 heavy (non-hydrogen) atoms. The molecule has 0 bridgehead atoms. The number of fused-ring (bicyclic) bond motifs is 3. The molecule has 0 aromatic carbocycles. The van der Waals surface area contributed by atoms with Crippen molar-refractivity contribution < 1.29 is 0 Å². The van der Waals surface area contributed by atoms with Crippen molar-refractivity contribution in [3.63, 3.8) is 0 Å². The minimum Gasteiger partial charge on any atom is -0.302 e. The van der Waals surface area contributed by atoms with E-state index in [1.54, 1.807) is 0 Å². The summed E-state index contributed by atoms with van der Waals surface area (Å²) in [7, 11) is 0. The Balaban J connectivity index is 2.26. The molecule has 0 spiro atoms. The molecular formula is C12H13ClN2. The molecule has 0 fully saturated rings. The van der Waals surface area contributed by atoms with Crippen molar-refractivity contribution >= 4 is 17.2 Å². The molecule has 78 valence electrons. The summed E-state index contributed by atoms with van der Waals surface area (Å²) in [6.07, 6.45) is 5.53. The molecular weight excluding hydrogens is 208 g/mol. The van der Waals surface area contributed by atoms with Gasteiger partial charge in [-0.25, -0.2) is 4.98 Å². The van der Waals surface area contributed by atoms with Crippen LogP contribution in [0.25, 0.3) is 5.65 Å². The highest BCUT2D eigenvalue weighted by molar-refractivity contribution is 6.30. The first-order chi connectivity index (χ1) is 7.29. The van der Waals surface area contributed by atoms with Gasteiger partial charge in [0.05, 0.1) is 10.7 Å². The molecule has 0 radical (unpaired) electrons. The van der Waals surface area contributed by atoms with E-state index in [1.807, 2.05) is 18.3 Å². The maximum Gasteiger partial charge on any atom is 0.137 e. The van der Waals surface area contributed by atoms with Crippen molar-refractivity contribution in [2.75, 3.05) is 0 Å². The van der Waals surface area contributed by atoms with E-state index in [2.05, 4.69) is 11.3 Å². The SMILES string of the molecule is CCC1CCc2c1nc1ccc(Cl)cn21. The van der Waals surface area contributed by atoms with Crippen LogP contribution in [0.1, 0.15) is 37.1 Å². The van der Waals surface area contributed by atoms with Crippen LogP contribution in [0.4, 0.5) is 0 Å². The lowest BCUT2D eigenvalue weighted by Gasteiger charge is -2.02. The summed E-state index contributed by atoms with van der Waals surface area (Å²) >= 11 is 6.00. The fraction of sp³-hybridized carbons (Fsp3) is 0.417. The van der Waals surface area contributed by atoms with Crippen molar-refractivity contribution in [1.29, 1.82) is 0 Å². The van der Waals surface area contributed by atoms with Crippen molar-refractivity contribution in [3.8, 4) is 0 Å². The average molecular weight is 221 g/mol. The third-order valence-electron chi connectivity index (χ3n) is 3.32. The Morgan fingerprint density at radius 1 is 1.53 bits per heavy atom. The lowest BCUT2D eigenvalue weighted by atomic mass is 10.1. The number of hydrogen-bond donors (Lipinski definition) is 0. The van der Waals surface area contributed by atoms with Crippen LogP contribution in [0, 0.1) is 0 Å². The summed E-state index contributed by atoms with van der Waals surface area (Å²) in [5, 5.41) is 0.780. The summed E-state index contributed by atoms with van der Waals surface area (Å²) in [5.74, 6) is 0.652. The van der Waals surface area contributed by atoms with Gasteiger partial charge in [0, 0.05) is 17.8 Å². The van der Waals surface area contributed by atoms with Crippen molar-refractivity contribution in [3.05, 3.63) is 34.7 Å². The minimum absolute atomic E-state index is 0.652. The predicted octanol–water partition coefficient (Wildman–Crippen LogP) is 3.43. The zero-order valence-electron chi connectivity index (χ0n) is 8.70. The second-order valence-corrected chi connectivity index (χ2v) is 4.60. The topological polar surface area (TPSA) is 17.3 Å². The smallest absolute Gasteiger partial charge is 0.137 e. The van der Waals surface area contributed by atoms with E-state index in [0.29, 0.717) is 5.92 Å². The van der Waals surface area contributed by atoms with E-state index < -0.39 is 0 Å². The molecule has 2 aromatic rings. The van der Waals surface area contributed by atoms with Crippen LogP contribution in [0.5, 0.6) is 0 Å². The first kappa shape index (κ1) is 9.22. The van der Waals surface area contributed by atoms with Gasteiger partial charge in [-0.05, 0) is 31.4 Å². The van der Waals surface area contributed by atoms with E-state index in [-0.39, 0.29) is 0 Å². The third-order valence-corrected chi connectivity index (χ3v) is 3.55. The van der Waals surface area contributed by atoms with Gasteiger partial charge >= 0.3 is 0 Å². The van der Waals surface area contributed by atoms with Gasteiger partial charge in [-0.2, -0.15) is 0 Å². The number of rotatable bonds is 1. The van der Waals surface area contributed by atoms with Gasteiger partial charge in [0.1, 0.15) is 5.65 Å². The monoisotopic (exact) mass is 220 g/mol. The van der Waals surface area contributed by atoms with Crippen LogP contribution >= 0.6 is 11.6 Å². The van der Waals surface area contributed by atoms with Crippen LogP contribution in [0.3, 0.4) is 0 Å². The van der Waals surface area contributed by atoms with Crippen LogP contribution in [-0.4, -0.2) is 9.38 Å². The van der Waals surface area contributed by atoms with E-state index in [1.165, 1.54) is 24.2 Å². The van der Waals surface area contributed by atoms with Gasteiger partial charge in [0.25, 0.3) is 0 Å². The predicted molar refractivity (Wildman–Crippen MR) is 61.6 cm³/mol. The number of halogens is 1. The zero-order valence-corrected chi connectivity index (χ0v) is 9.46. The van der Waals surface area contributed by atoms with Gasteiger partial charge < -0.3 is 4.40 Å². The Labute approximate surface area is 93.9 Å². The number of pyridine rings is 1. The Kier molecular flexibility index (Phi) is 1.99. The van der Waals surface area contributed by atoms with Gasteiger partial charge in [0.2, 0.25) is 0 Å². The summed E-state index contributed by atoms with van der Waals surface area (Å²) < 4.78 is 2.15. The van der Waals surface area contributed by atoms with Crippen LogP contribution in [0.2, 0.25) is 5.02 Å². The molecule has 2 heterocycles. The van der Waals surface area contributed by atoms with Gasteiger partial charge in [0.15, 0.2) is 0 Å². The summed E-state index contributed by atoms with van der Waals surface area (Å²) in [4.78, 5) is 4.69. The van der Waals surface area contributed by atoms with Crippen molar-refractivity contribution in [1.82, 2.24) is 9.38 Å². The lowest BCUT2D eigenvalue weighted by molar-refractivity contribution is 0.641. The molecule has 1 aliphatic carbocycles. The number of aromatic nitrogens is 2. The number of imidazole rings is 1. The third kappa shape index (κ3) is 1.28.